The first kappa shape index (κ1) is 18.6. The Morgan fingerprint density at radius 1 is 0.893 bits per heavy atom. The van der Waals surface area contributed by atoms with Crippen molar-refractivity contribution in [2.75, 3.05) is 24.6 Å². The van der Waals surface area contributed by atoms with Gasteiger partial charge in [0.05, 0.1) is 5.69 Å². The number of hydrogen-bond acceptors (Lipinski definition) is 2. The Morgan fingerprint density at radius 3 is 2.39 bits per heavy atom. The molecule has 0 N–H and O–H groups in total. The van der Waals surface area contributed by atoms with Crippen LogP contribution in [-0.2, 0) is 0 Å². The first-order valence-corrected chi connectivity index (χ1v) is 10.3. The molecule has 142 valence electrons. The summed E-state index contributed by atoms with van der Waals surface area (Å²) in [5, 5.41) is 7.45. The summed E-state index contributed by atoms with van der Waals surface area (Å²) in [4.78, 5) is 0. The van der Waals surface area contributed by atoms with E-state index < -0.39 is 0 Å². The first-order chi connectivity index (χ1) is 13.8. The Kier molecular flexibility index (Phi) is 5.65. The summed E-state index contributed by atoms with van der Waals surface area (Å²) >= 11 is 0. The summed E-state index contributed by atoms with van der Waals surface area (Å²) in [6.07, 6.45) is 9.38. The van der Waals surface area contributed by atoms with E-state index in [9.17, 15) is 0 Å². The second-order valence-corrected chi connectivity index (χ2v) is 7.71. The molecular formula is C26H28N2. The van der Waals surface area contributed by atoms with Gasteiger partial charge in [-0.1, -0.05) is 67.4 Å². The quantitative estimate of drug-likeness (QED) is 0.523. The zero-order valence-electron chi connectivity index (χ0n) is 16.6. The van der Waals surface area contributed by atoms with Crippen LogP contribution in [0.3, 0.4) is 0 Å². The van der Waals surface area contributed by atoms with Crippen LogP contribution in [0.4, 0.5) is 5.69 Å². The van der Waals surface area contributed by atoms with Gasteiger partial charge in [-0.15, -0.1) is 6.42 Å². The minimum absolute atomic E-state index is 0.561. The van der Waals surface area contributed by atoms with Crippen LogP contribution < -0.4 is 5.01 Å². The van der Waals surface area contributed by atoms with E-state index in [1.807, 2.05) is 0 Å². The van der Waals surface area contributed by atoms with Gasteiger partial charge in [0.2, 0.25) is 0 Å². The van der Waals surface area contributed by atoms with E-state index in [1.165, 1.54) is 34.9 Å². The molecule has 0 aromatic heterocycles. The van der Waals surface area contributed by atoms with Gasteiger partial charge in [-0.3, -0.25) is 0 Å². The number of hydrogen-bond donors (Lipinski definition) is 0. The Labute approximate surface area is 168 Å². The summed E-state index contributed by atoms with van der Waals surface area (Å²) in [6, 6.07) is 23.7. The number of rotatable bonds is 5. The lowest BCUT2D eigenvalue weighted by Gasteiger charge is -2.41. The lowest BCUT2D eigenvalue weighted by molar-refractivity contribution is 0.207. The van der Waals surface area contributed by atoms with Crippen LogP contribution in [0.5, 0.6) is 0 Å². The van der Waals surface area contributed by atoms with Crippen LogP contribution in [0.25, 0.3) is 10.8 Å². The van der Waals surface area contributed by atoms with Crippen molar-refractivity contribution >= 4 is 16.5 Å². The number of terminal acetylenes is 1. The predicted octanol–water partition coefficient (Wildman–Crippen LogP) is 5.83. The highest BCUT2D eigenvalue weighted by atomic mass is 15.6. The fraction of sp³-hybridized carbons (Fsp3) is 0.308. The third-order valence-corrected chi connectivity index (χ3v) is 5.90. The highest BCUT2D eigenvalue weighted by Crippen LogP contribution is 2.32. The molecule has 0 spiro atoms. The molecule has 0 saturated carbocycles. The minimum Gasteiger partial charge on any atom is -0.305 e. The molecule has 0 bridgehead atoms. The second kappa shape index (κ2) is 8.50. The Balaban J connectivity index is 1.58. The fourth-order valence-electron chi connectivity index (χ4n) is 4.25. The molecule has 28 heavy (non-hydrogen) atoms. The van der Waals surface area contributed by atoms with E-state index in [0.29, 0.717) is 5.92 Å². The average molecular weight is 369 g/mol. The van der Waals surface area contributed by atoms with Gasteiger partial charge in [-0.05, 0) is 48.3 Å². The van der Waals surface area contributed by atoms with E-state index in [-0.39, 0.29) is 0 Å². The average Bonchev–Trinajstić information content (AvgIpc) is 2.77. The Hall–Kier alpha value is -2.76. The highest BCUT2D eigenvalue weighted by Gasteiger charge is 2.22. The standard InChI is InChI=1S/C26H28N2/c1-3-22-15-16-26(25-14-8-7-13-24(22)25)28-19-10-9-18-27(28)20-17-21(2)23-11-5-4-6-12-23/h1,4-8,11-16,21H,9-10,17-20H2,2H3. The molecule has 2 nitrogen and oxygen atoms in total. The molecule has 3 aromatic rings. The number of nitrogens with zero attached hydrogens (tertiary/aromatic N) is 2. The maximum atomic E-state index is 5.73. The SMILES string of the molecule is C#Cc1ccc(N2CCCCN2CCC(C)c2ccccc2)c2ccccc12. The zero-order chi connectivity index (χ0) is 19.3. The molecule has 1 aliphatic rings. The van der Waals surface area contributed by atoms with Crippen LogP contribution >= 0.6 is 0 Å². The van der Waals surface area contributed by atoms with E-state index in [2.05, 4.69) is 89.6 Å². The molecule has 2 heteroatoms. The van der Waals surface area contributed by atoms with Crippen LogP contribution in [0.1, 0.15) is 43.2 Å². The van der Waals surface area contributed by atoms with Crippen molar-refractivity contribution in [2.45, 2.75) is 32.1 Å². The van der Waals surface area contributed by atoms with Crippen molar-refractivity contribution < 1.29 is 0 Å². The smallest absolute Gasteiger partial charge is 0.0601 e. The van der Waals surface area contributed by atoms with Crippen LogP contribution in [0.15, 0.2) is 66.7 Å². The summed E-state index contributed by atoms with van der Waals surface area (Å²) < 4.78 is 0. The molecule has 0 radical (unpaired) electrons. The molecule has 1 saturated heterocycles. The van der Waals surface area contributed by atoms with Crippen molar-refractivity contribution in [3.8, 4) is 12.3 Å². The first-order valence-electron chi connectivity index (χ1n) is 10.3. The molecule has 1 aliphatic heterocycles. The van der Waals surface area contributed by atoms with Crippen LogP contribution in [0, 0.1) is 12.3 Å². The Morgan fingerprint density at radius 2 is 1.61 bits per heavy atom. The maximum absolute atomic E-state index is 5.73. The number of benzene rings is 3. The number of anilines is 1. The van der Waals surface area contributed by atoms with Crippen molar-refractivity contribution in [1.29, 1.82) is 0 Å². The molecule has 1 unspecified atom stereocenters. The molecule has 1 atom stereocenters. The third-order valence-electron chi connectivity index (χ3n) is 5.90. The molecule has 1 fully saturated rings. The van der Waals surface area contributed by atoms with E-state index >= 15 is 0 Å². The van der Waals surface area contributed by atoms with E-state index in [0.717, 1.165) is 31.6 Å². The molecule has 4 rings (SSSR count). The molecule has 3 aromatic carbocycles. The van der Waals surface area contributed by atoms with Gasteiger partial charge in [-0.2, -0.15) is 0 Å². The van der Waals surface area contributed by atoms with Crippen molar-refractivity contribution in [3.63, 3.8) is 0 Å². The van der Waals surface area contributed by atoms with Crippen LogP contribution in [-0.4, -0.2) is 24.6 Å². The van der Waals surface area contributed by atoms with Gasteiger partial charge in [-0.25, -0.2) is 5.01 Å². The molecule has 0 amide bonds. The molecular weight excluding hydrogens is 340 g/mol. The summed E-state index contributed by atoms with van der Waals surface area (Å²) in [5.41, 5.74) is 3.68. The summed E-state index contributed by atoms with van der Waals surface area (Å²) in [5.74, 6) is 3.40. The summed E-state index contributed by atoms with van der Waals surface area (Å²) in [6.45, 7) is 5.59. The maximum Gasteiger partial charge on any atom is 0.0601 e. The Bertz CT molecular complexity index is 971. The molecule has 0 aliphatic carbocycles. The number of fused-ring (bicyclic) bond motifs is 1. The normalized spacial score (nSPS) is 16.1. The van der Waals surface area contributed by atoms with Gasteiger partial charge < -0.3 is 5.01 Å². The minimum atomic E-state index is 0.561. The van der Waals surface area contributed by atoms with Crippen LogP contribution in [0.2, 0.25) is 0 Å². The highest BCUT2D eigenvalue weighted by molar-refractivity contribution is 5.97. The zero-order valence-corrected chi connectivity index (χ0v) is 16.6. The molecule has 1 heterocycles. The lowest BCUT2D eigenvalue weighted by atomic mass is 9.97. The van der Waals surface area contributed by atoms with Gasteiger partial charge in [0.1, 0.15) is 0 Å². The van der Waals surface area contributed by atoms with Gasteiger partial charge in [0.25, 0.3) is 0 Å². The van der Waals surface area contributed by atoms with Gasteiger partial charge >= 0.3 is 0 Å². The lowest BCUT2D eigenvalue weighted by Crippen LogP contribution is -2.48. The van der Waals surface area contributed by atoms with Crippen molar-refractivity contribution in [3.05, 3.63) is 77.9 Å². The largest absolute Gasteiger partial charge is 0.305 e. The second-order valence-electron chi connectivity index (χ2n) is 7.71. The van der Waals surface area contributed by atoms with Gasteiger partial charge in [0.15, 0.2) is 0 Å². The summed E-state index contributed by atoms with van der Waals surface area (Å²) in [7, 11) is 0. The van der Waals surface area contributed by atoms with Crippen molar-refractivity contribution in [2.24, 2.45) is 0 Å². The van der Waals surface area contributed by atoms with Crippen molar-refractivity contribution in [1.82, 2.24) is 5.01 Å². The fourth-order valence-corrected chi connectivity index (χ4v) is 4.25. The van der Waals surface area contributed by atoms with E-state index in [4.69, 9.17) is 6.42 Å². The predicted molar refractivity (Wildman–Crippen MR) is 120 cm³/mol. The topological polar surface area (TPSA) is 6.48 Å². The number of hydrazine groups is 1. The van der Waals surface area contributed by atoms with E-state index in [1.54, 1.807) is 0 Å². The monoisotopic (exact) mass is 368 g/mol. The van der Waals surface area contributed by atoms with Gasteiger partial charge in [0, 0.05) is 30.6 Å². The third kappa shape index (κ3) is 3.77.